The second-order valence-corrected chi connectivity index (χ2v) is 14.3. The van der Waals surface area contributed by atoms with Crippen molar-refractivity contribution in [3.05, 3.63) is 0 Å². The Morgan fingerprint density at radius 2 is 1.00 bits per heavy atom. The summed E-state index contributed by atoms with van der Waals surface area (Å²) in [7, 11) is 0. The summed E-state index contributed by atoms with van der Waals surface area (Å²) in [5, 5.41) is 0. The first-order chi connectivity index (χ1) is 15.1. The third kappa shape index (κ3) is 7.26. The third-order valence-electron chi connectivity index (χ3n) is 12.3. The summed E-state index contributed by atoms with van der Waals surface area (Å²) in [4.78, 5) is 0. The lowest BCUT2D eigenvalue weighted by Crippen LogP contribution is -2.32. The largest absolute Gasteiger partial charge is 0.0648 e. The average molecular weight is 463 g/mol. The second kappa shape index (κ2) is 12.8. The van der Waals surface area contributed by atoms with Gasteiger partial charge in [0.1, 0.15) is 0 Å². The summed E-state index contributed by atoms with van der Waals surface area (Å²) in [6.07, 6.45) is 5.56. The molecule has 12 atom stereocenters. The number of rotatable bonds is 15. The first kappa shape index (κ1) is 31.0. The fourth-order valence-corrected chi connectivity index (χ4v) is 7.76. The van der Waals surface area contributed by atoms with E-state index in [4.69, 9.17) is 0 Å². The van der Waals surface area contributed by atoms with Gasteiger partial charge in [0.25, 0.3) is 0 Å². The quantitative estimate of drug-likeness (QED) is 0.227. The molecule has 0 aromatic heterocycles. The van der Waals surface area contributed by atoms with Gasteiger partial charge in [-0.25, -0.2) is 0 Å². The Bertz CT molecular complexity index is 546. The first-order valence-corrected chi connectivity index (χ1v) is 15.1. The van der Waals surface area contributed by atoms with E-state index < -0.39 is 0 Å². The summed E-state index contributed by atoms with van der Waals surface area (Å²) in [5.41, 5.74) is 0.592. The SMILES string of the molecule is CCC1(C)C(C)C1C(C(C)C)C(C)C(C)C(C)C(C)CCCC(C)C(C)C(C)C(C)C(C)C. The maximum Gasteiger partial charge on any atom is -0.0266 e. The van der Waals surface area contributed by atoms with Crippen LogP contribution in [0.25, 0.3) is 0 Å². The van der Waals surface area contributed by atoms with Crippen LogP contribution < -0.4 is 0 Å². The van der Waals surface area contributed by atoms with Gasteiger partial charge in [0.05, 0.1) is 0 Å². The van der Waals surface area contributed by atoms with Crippen molar-refractivity contribution in [1.29, 1.82) is 0 Å². The van der Waals surface area contributed by atoms with Crippen molar-refractivity contribution in [3.63, 3.8) is 0 Å². The van der Waals surface area contributed by atoms with Gasteiger partial charge in [0, 0.05) is 0 Å². The first-order valence-electron chi connectivity index (χ1n) is 15.1. The molecule has 0 aromatic rings. The fourth-order valence-electron chi connectivity index (χ4n) is 7.76. The van der Waals surface area contributed by atoms with Crippen LogP contribution in [0.3, 0.4) is 0 Å². The fraction of sp³-hybridized carbons (Fsp3) is 1.00. The van der Waals surface area contributed by atoms with Crippen molar-refractivity contribution in [2.75, 3.05) is 0 Å². The van der Waals surface area contributed by atoms with E-state index in [0.29, 0.717) is 5.41 Å². The minimum absolute atomic E-state index is 0.592. The number of hydrogen-bond acceptors (Lipinski definition) is 0. The zero-order chi connectivity index (χ0) is 25.8. The highest BCUT2D eigenvalue weighted by Gasteiger charge is 2.61. The highest BCUT2D eigenvalue weighted by atomic mass is 14.7. The Kier molecular flexibility index (Phi) is 12.0. The molecule has 1 fully saturated rings. The van der Waals surface area contributed by atoms with Gasteiger partial charge < -0.3 is 0 Å². The van der Waals surface area contributed by atoms with Gasteiger partial charge in [-0.1, -0.05) is 130 Å². The molecule has 0 amide bonds. The van der Waals surface area contributed by atoms with E-state index in [1.54, 1.807) is 0 Å². The van der Waals surface area contributed by atoms with Crippen LogP contribution in [0.15, 0.2) is 0 Å². The minimum atomic E-state index is 0.592. The maximum absolute atomic E-state index is 2.60. The lowest BCUT2D eigenvalue weighted by molar-refractivity contribution is 0.102. The molecular weight excluding hydrogens is 396 g/mol. The van der Waals surface area contributed by atoms with E-state index >= 15 is 0 Å². The van der Waals surface area contributed by atoms with Crippen molar-refractivity contribution in [2.45, 2.75) is 130 Å². The lowest BCUT2D eigenvalue weighted by atomic mass is 9.67. The van der Waals surface area contributed by atoms with E-state index in [1.165, 1.54) is 25.7 Å². The van der Waals surface area contributed by atoms with E-state index in [9.17, 15) is 0 Å². The molecule has 0 radical (unpaired) electrons. The molecule has 0 aromatic carbocycles. The molecule has 0 heterocycles. The molecule has 0 saturated heterocycles. The molecule has 33 heavy (non-hydrogen) atoms. The van der Waals surface area contributed by atoms with Gasteiger partial charge in [0.2, 0.25) is 0 Å². The Morgan fingerprint density at radius 3 is 1.33 bits per heavy atom. The predicted octanol–water partition coefficient (Wildman–Crippen LogP) is 10.9. The molecule has 1 saturated carbocycles. The molecule has 0 spiro atoms. The summed E-state index contributed by atoms with van der Waals surface area (Å²) >= 11 is 0. The molecule has 0 N–H and O–H groups in total. The zero-order valence-electron chi connectivity index (χ0n) is 25.8. The summed E-state index contributed by atoms with van der Waals surface area (Å²) in [6, 6.07) is 0. The van der Waals surface area contributed by atoms with Gasteiger partial charge in [0.15, 0.2) is 0 Å². The molecule has 0 heteroatoms. The molecule has 0 aliphatic heterocycles. The van der Waals surface area contributed by atoms with Crippen LogP contribution in [0.2, 0.25) is 0 Å². The van der Waals surface area contributed by atoms with Crippen molar-refractivity contribution in [3.8, 4) is 0 Å². The van der Waals surface area contributed by atoms with E-state index in [1.807, 2.05) is 0 Å². The molecule has 1 aliphatic rings. The van der Waals surface area contributed by atoms with Crippen LogP contribution in [0.5, 0.6) is 0 Å². The monoisotopic (exact) mass is 463 g/mol. The van der Waals surface area contributed by atoms with Gasteiger partial charge >= 0.3 is 0 Å². The lowest BCUT2D eigenvalue weighted by Gasteiger charge is -2.38. The van der Waals surface area contributed by atoms with Crippen LogP contribution in [0, 0.1) is 82.3 Å². The molecule has 0 bridgehead atoms. The summed E-state index contributed by atoms with van der Waals surface area (Å²) in [5.74, 6) is 10.9. The van der Waals surface area contributed by atoms with Crippen LogP contribution in [0.1, 0.15) is 130 Å². The molecule has 0 nitrogen and oxygen atoms in total. The van der Waals surface area contributed by atoms with Gasteiger partial charge in [-0.3, -0.25) is 0 Å². The highest BCUT2D eigenvalue weighted by Crippen LogP contribution is 2.66. The molecule has 12 unspecified atom stereocenters. The Morgan fingerprint density at radius 1 is 0.576 bits per heavy atom. The summed E-state index contributed by atoms with van der Waals surface area (Å²) < 4.78 is 0. The highest BCUT2D eigenvalue weighted by molar-refractivity contribution is 5.09. The molecule has 1 rings (SSSR count). The van der Waals surface area contributed by atoms with Crippen LogP contribution >= 0.6 is 0 Å². The normalized spacial score (nSPS) is 31.5. The van der Waals surface area contributed by atoms with Crippen LogP contribution in [-0.4, -0.2) is 0 Å². The Balaban J connectivity index is 2.63. The average Bonchev–Trinajstić information content (AvgIpc) is 3.30. The summed E-state index contributed by atoms with van der Waals surface area (Å²) in [6.45, 7) is 37.5. The zero-order valence-corrected chi connectivity index (χ0v) is 25.8. The number of hydrogen-bond donors (Lipinski definition) is 0. The third-order valence-corrected chi connectivity index (χ3v) is 12.3. The topological polar surface area (TPSA) is 0 Å². The van der Waals surface area contributed by atoms with Gasteiger partial charge in [-0.05, 0) is 82.3 Å². The molecule has 1 aliphatic carbocycles. The smallest absolute Gasteiger partial charge is 0.0266 e. The van der Waals surface area contributed by atoms with Crippen LogP contribution in [0.4, 0.5) is 0 Å². The Hall–Kier alpha value is 0. The second-order valence-electron chi connectivity index (χ2n) is 14.3. The van der Waals surface area contributed by atoms with Crippen molar-refractivity contribution in [1.82, 2.24) is 0 Å². The maximum atomic E-state index is 2.60. The van der Waals surface area contributed by atoms with E-state index in [-0.39, 0.29) is 0 Å². The predicted molar refractivity (Wildman–Crippen MR) is 151 cm³/mol. The van der Waals surface area contributed by atoms with Crippen molar-refractivity contribution >= 4 is 0 Å². The van der Waals surface area contributed by atoms with Gasteiger partial charge in [-0.2, -0.15) is 0 Å². The Labute approximate surface area is 211 Å². The van der Waals surface area contributed by atoms with Crippen LogP contribution in [-0.2, 0) is 0 Å². The molecule has 198 valence electrons. The van der Waals surface area contributed by atoms with Crippen molar-refractivity contribution in [2.24, 2.45) is 82.3 Å². The van der Waals surface area contributed by atoms with E-state index in [2.05, 4.69) is 104 Å². The molecular formula is C33H66. The van der Waals surface area contributed by atoms with E-state index in [0.717, 1.165) is 76.9 Å². The van der Waals surface area contributed by atoms with Crippen molar-refractivity contribution < 1.29 is 0 Å². The standard InChI is InChI=1S/C33H66/c1-16-33(15)30(14)32(33)31(21(4)5)29(13)28(12)26(10)23(7)19-17-18-22(6)25(9)27(11)24(8)20(2)3/h20-32H,16-19H2,1-15H3. The van der Waals surface area contributed by atoms with Gasteiger partial charge in [-0.15, -0.1) is 0 Å². The minimum Gasteiger partial charge on any atom is -0.0648 e.